The van der Waals surface area contributed by atoms with E-state index in [1.807, 2.05) is 41.6 Å². The normalized spacial score (nSPS) is 20.1. The third-order valence-corrected chi connectivity index (χ3v) is 5.74. The van der Waals surface area contributed by atoms with E-state index in [0.717, 1.165) is 54.9 Å². The van der Waals surface area contributed by atoms with Gasteiger partial charge in [-0.3, -0.25) is 9.78 Å². The minimum Gasteiger partial charge on any atom is -0.327 e. The molecule has 2 aliphatic rings. The van der Waals surface area contributed by atoms with Crippen molar-refractivity contribution in [2.75, 3.05) is 6.54 Å². The maximum absolute atomic E-state index is 13.5. The van der Waals surface area contributed by atoms with Crippen LogP contribution >= 0.6 is 0 Å². The first-order chi connectivity index (χ1) is 13.3. The van der Waals surface area contributed by atoms with Gasteiger partial charge < -0.3 is 9.47 Å². The average Bonchev–Trinajstić information content (AvgIpc) is 3.42. The molecule has 1 aliphatic heterocycles. The number of hydrogen-bond donors (Lipinski definition) is 0. The summed E-state index contributed by atoms with van der Waals surface area (Å²) in [6, 6.07) is 9.87. The van der Waals surface area contributed by atoms with Gasteiger partial charge in [-0.25, -0.2) is 0 Å². The predicted molar refractivity (Wildman–Crippen MR) is 102 cm³/mol. The highest BCUT2D eigenvalue weighted by atomic mass is 16.2. The molecule has 0 bridgehead atoms. The number of piperidine rings is 1. The number of rotatable bonds is 4. The number of benzene rings is 1. The number of likely N-dealkylation sites (tertiary alicyclic amines) is 1. The van der Waals surface area contributed by atoms with E-state index < -0.39 is 0 Å². The van der Waals surface area contributed by atoms with E-state index in [4.69, 9.17) is 0 Å². The summed E-state index contributed by atoms with van der Waals surface area (Å²) >= 11 is 0. The molecule has 6 heteroatoms. The van der Waals surface area contributed by atoms with Gasteiger partial charge in [0, 0.05) is 24.7 Å². The fourth-order valence-corrected chi connectivity index (χ4v) is 4.11. The zero-order chi connectivity index (χ0) is 18.2. The Kier molecular flexibility index (Phi) is 4.11. The number of carbonyl (C=O) groups excluding carboxylic acids is 1. The van der Waals surface area contributed by atoms with Gasteiger partial charge in [-0.1, -0.05) is 24.3 Å². The van der Waals surface area contributed by atoms with Gasteiger partial charge in [0.1, 0.15) is 12.0 Å². The van der Waals surface area contributed by atoms with Crippen LogP contribution in [0.5, 0.6) is 0 Å². The molecule has 1 atom stereocenters. The number of pyridine rings is 1. The second-order valence-corrected chi connectivity index (χ2v) is 7.68. The minimum absolute atomic E-state index is 0.00234. The molecule has 1 saturated carbocycles. The Morgan fingerprint density at radius 2 is 2.00 bits per heavy atom. The molecule has 3 heterocycles. The predicted octanol–water partition coefficient (Wildman–Crippen LogP) is 3.60. The lowest BCUT2D eigenvalue weighted by molar-refractivity contribution is 0.0590. The van der Waals surface area contributed by atoms with Crippen molar-refractivity contribution in [2.24, 2.45) is 5.92 Å². The maximum atomic E-state index is 13.5. The number of carbonyl (C=O) groups is 1. The molecule has 2 aromatic heterocycles. The summed E-state index contributed by atoms with van der Waals surface area (Å²) in [6.07, 6.45) is 9.16. The van der Waals surface area contributed by atoms with E-state index in [1.54, 1.807) is 6.20 Å². The fourth-order valence-electron chi connectivity index (χ4n) is 4.11. The molecule has 1 aliphatic carbocycles. The number of amides is 1. The number of fused-ring (bicyclic) bond motifs is 1. The second-order valence-electron chi connectivity index (χ2n) is 7.68. The van der Waals surface area contributed by atoms with Crippen molar-refractivity contribution in [3.8, 4) is 0 Å². The monoisotopic (exact) mass is 361 g/mol. The number of hydrogen-bond acceptors (Lipinski definition) is 4. The standard InChI is InChI=1S/C21H23N5O/c27-21(19-17-6-2-1-5-16(17)10-11-22-19)26-12-4-3-7-18(26)20-24-23-14-25(20)13-15-8-9-15/h1-2,5-6,10-11,14-15,18H,3-4,7-9,12-13H2. The van der Waals surface area contributed by atoms with Crippen LogP contribution in [-0.2, 0) is 6.54 Å². The van der Waals surface area contributed by atoms with Crippen LogP contribution in [0.2, 0.25) is 0 Å². The van der Waals surface area contributed by atoms with Crippen LogP contribution in [0.4, 0.5) is 0 Å². The summed E-state index contributed by atoms with van der Waals surface area (Å²) in [7, 11) is 0. The highest BCUT2D eigenvalue weighted by Gasteiger charge is 2.34. The molecule has 1 unspecified atom stereocenters. The van der Waals surface area contributed by atoms with Gasteiger partial charge >= 0.3 is 0 Å². The molecule has 138 valence electrons. The minimum atomic E-state index is -0.0201. The van der Waals surface area contributed by atoms with Crippen LogP contribution in [-0.4, -0.2) is 37.1 Å². The lowest BCUT2D eigenvalue weighted by atomic mass is 9.99. The van der Waals surface area contributed by atoms with Gasteiger partial charge in [0.25, 0.3) is 5.91 Å². The quantitative estimate of drug-likeness (QED) is 0.712. The van der Waals surface area contributed by atoms with E-state index in [2.05, 4.69) is 19.7 Å². The summed E-state index contributed by atoms with van der Waals surface area (Å²) < 4.78 is 2.16. The highest BCUT2D eigenvalue weighted by Crippen LogP contribution is 2.35. The van der Waals surface area contributed by atoms with Crippen molar-refractivity contribution >= 4 is 16.7 Å². The van der Waals surface area contributed by atoms with E-state index in [0.29, 0.717) is 5.69 Å². The summed E-state index contributed by atoms with van der Waals surface area (Å²) in [4.78, 5) is 19.9. The SMILES string of the molecule is O=C(c1nccc2ccccc12)N1CCCCC1c1nncn1CC1CC1. The van der Waals surface area contributed by atoms with E-state index >= 15 is 0 Å². The van der Waals surface area contributed by atoms with Crippen LogP contribution < -0.4 is 0 Å². The van der Waals surface area contributed by atoms with Crippen molar-refractivity contribution in [1.29, 1.82) is 0 Å². The van der Waals surface area contributed by atoms with E-state index in [9.17, 15) is 4.79 Å². The van der Waals surface area contributed by atoms with Gasteiger partial charge in [0.05, 0.1) is 6.04 Å². The molecule has 5 rings (SSSR count). The Morgan fingerprint density at radius 3 is 2.89 bits per heavy atom. The molecular formula is C21H23N5O. The molecule has 6 nitrogen and oxygen atoms in total. The molecule has 1 amide bonds. The van der Waals surface area contributed by atoms with Gasteiger partial charge in [0.15, 0.2) is 5.82 Å². The summed E-state index contributed by atoms with van der Waals surface area (Å²) in [5, 5.41) is 10.5. The zero-order valence-electron chi connectivity index (χ0n) is 15.3. The van der Waals surface area contributed by atoms with Crippen molar-refractivity contribution in [2.45, 2.75) is 44.7 Å². The van der Waals surface area contributed by atoms with Crippen LogP contribution in [0.3, 0.4) is 0 Å². The Bertz CT molecular complexity index is 972. The largest absolute Gasteiger partial charge is 0.327 e. The van der Waals surface area contributed by atoms with Crippen LogP contribution in [0.1, 0.15) is 54.5 Å². The fraction of sp³-hybridized carbons (Fsp3) is 0.429. The van der Waals surface area contributed by atoms with Gasteiger partial charge in [0.2, 0.25) is 0 Å². The van der Waals surface area contributed by atoms with E-state index in [-0.39, 0.29) is 11.9 Å². The molecule has 0 radical (unpaired) electrons. The third kappa shape index (κ3) is 3.09. The Hall–Kier alpha value is -2.76. The lowest BCUT2D eigenvalue weighted by Crippen LogP contribution is -2.40. The first-order valence-corrected chi connectivity index (χ1v) is 9.83. The Morgan fingerprint density at radius 1 is 1.11 bits per heavy atom. The first kappa shape index (κ1) is 16.4. The summed E-state index contributed by atoms with van der Waals surface area (Å²) in [5.41, 5.74) is 0.535. The lowest BCUT2D eigenvalue weighted by Gasteiger charge is -2.35. The van der Waals surface area contributed by atoms with Crippen LogP contribution in [0.15, 0.2) is 42.9 Å². The molecule has 0 N–H and O–H groups in total. The van der Waals surface area contributed by atoms with E-state index in [1.165, 1.54) is 12.8 Å². The smallest absolute Gasteiger partial charge is 0.273 e. The van der Waals surface area contributed by atoms with Gasteiger partial charge in [-0.2, -0.15) is 0 Å². The molecule has 1 aromatic carbocycles. The molecule has 2 fully saturated rings. The molecule has 0 spiro atoms. The van der Waals surface area contributed by atoms with Crippen LogP contribution in [0.25, 0.3) is 10.8 Å². The topological polar surface area (TPSA) is 63.9 Å². The Labute approximate surface area is 158 Å². The van der Waals surface area contributed by atoms with Gasteiger partial charge in [-0.15, -0.1) is 10.2 Å². The van der Waals surface area contributed by atoms with Crippen LogP contribution in [0, 0.1) is 5.92 Å². The molecular weight excluding hydrogens is 338 g/mol. The highest BCUT2D eigenvalue weighted by molar-refractivity contribution is 6.05. The summed E-state index contributed by atoms with van der Waals surface area (Å²) in [5.74, 6) is 1.67. The molecule has 1 saturated heterocycles. The average molecular weight is 361 g/mol. The van der Waals surface area contributed by atoms with Gasteiger partial charge in [-0.05, 0) is 49.5 Å². The second kappa shape index (κ2) is 6.76. The maximum Gasteiger partial charge on any atom is 0.273 e. The van der Waals surface area contributed by atoms with Crippen molar-refractivity contribution < 1.29 is 4.79 Å². The van der Waals surface area contributed by atoms with Crippen molar-refractivity contribution in [3.05, 3.63) is 54.4 Å². The third-order valence-electron chi connectivity index (χ3n) is 5.74. The molecule has 3 aromatic rings. The van der Waals surface area contributed by atoms with Crippen molar-refractivity contribution in [3.63, 3.8) is 0 Å². The Balaban J connectivity index is 1.50. The summed E-state index contributed by atoms with van der Waals surface area (Å²) in [6.45, 7) is 1.71. The number of nitrogens with zero attached hydrogens (tertiary/aromatic N) is 5. The van der Waals surface area contributed by atoms with Crippen molar-refractivity contribution in [1.82, 2.24) is 24.6 Å². The molecule has 27 heavy (non-hydrogen) atoms. The first-order valence-electron chi connectivity index (χ1n) is 9.83. The zero-order valence-corrected chi connectivity index (χ0v) is 15.3. The number of aromatic nitrogens is 4.